The van der Waals surface area contributed by atoms with Gasteiger partial charge in [-0.05, 0) is 39.5 Å². The number of nitrogens with two attached hydrogens (primary N) is 1. The van der Waals surface area contributed by atoms with Gasteiger partial charge in [0.1, 0.15) is 5.75 Å². The second-order valence-corrected chi connectivity index (χ2v) is 4.83. The average molecular weight is 285 g/mol. The van der Waals surface area contributed by atoms with Gasteiger partial charge in [0.2, 0.25) is 0 Å². The fraction of sp³-hybridized carbons (Fsp3) is 0.500. The SMILES string of the molecule is COc1ccc2c(c1Br)CCN(CCN)C2. The fourth-order valence-electron chi connectivity index (χ4n) is 2.18. The molecule has 1 aliphatic rings. The summed E-state index contributed by atoms with van der Waals surface area (Å²) in [4.78, 5) is 2.39. The largest absolute Gasteiger partial charge is 0.496 e. The zero-order chi connectivity index (χ0) is 11.5. The molecular formula is C12H17BrN2O. The van der Waals surface area contributed by atoms with E-state index in [9.17, 15) is 0 Å². The van der Waals surface area contributed by atoms with Crippen LogP contribution in [0.15, 0.2) is 16.6 Å². The van der Waals surface area contributed by atoms with E-state index < -0.39 is 0 Å². The first-order chi connectivity index (χ1) is 7.76. The molecule has 0 amide bonds. The van der Waals surface area contributed by atoms with Crippen molar-refractivity contribution in [3.05, 3.63) is 27.7 Å². The van der Waals surface area contributed by atoms with Crippen LogP contribution in [0.25, 0.3) is 0 Å². The lowest BCUT2D eigenvalue weighted by Gasteiger charge is -2.29. The monoisotopic (exact) mass is 284 g/mol. The molecule has 0 saturated heterocycles. The summed E-state index contributed by atoms with van der Waals surface area (Å²) in [6.07, 6.45) is 1.06. The van der Waals surface area contributed by atoms with Crippen molar-refractivity contribution >= 4 is 15.9 Å². The molecule has 0 atom stereocenters. The molecule has 4 heteroatoms. The minimum atomic E-state index is 0.729. The summed E-state index contributed by atoms with van der Waals surface area (Å²) in [5.74, 6) is 0.922. The maximum absolute atomic E-state index is 5.58. The van der Waals surface area contributed by atoms with E-state index in [2.05, 4.69) is 26.9 Å². The Bertz CT molecular complexity index is 382. The molecule has 2 N–H and O–H groups in total. The van der Waals surface area contributed by atoms with Crippen molar-refractivity contribution in [1.29, 1.82) is 0 Å². The highest BCUT2D eigenvalue weighted by atomic mass is 79.9. The van der Waals surface area contributed by atoms with E-state index in [0.717, 1.165) is 42.8 Å². The third kappa shape index (κ3) is 2.24. The number of ether oxygens (including phenoxy) is 1. The Morgan fingerprint density at radius 2 is 2.31 bits per heavy atom. The number of rotatable bonds is 3. The summed E-state index contributed by atoms with van der Waals surface area (Å²) in [5, 5.41) is 0. The van der Waals surface area contributed by atoms with E-state index in [1.165, 1.54) is 11.1 Å². The van der Waals surface area contributed by atoms with Crippen LogP contribution in [-0.4, -0.2) is 31.6 Å². The summed E-state index contributed by atoms with van der Waals surface area (Å²) in [6, 6.07) is 4.18. The predicted octanol–water partition coefficient (Wildman–Crippen LogP) is 1.77. The minimum Gasteiger partial charge on any atom is -0.496 e. The molecule has 0 radical (unpaired) electrons. The Kier molecular flexibility index (Phi) is 3.84. The Labute approximate surface area is 105 Å². The Hall–Kier alpha value is -0.580. The van der Waals surface area contributed by atoms with E-state index in [-0.39, 0.29) is 0 Å². The highest BCUT2D eigenvalue weighted by molar-refractivity contribution is 9.10. The van der Waals surface area contributed by atoms with Gasteiger partial charge in [-0.15, -0.1) is 0 Å². The van der Waals surface area contributed by atoms with Crippen LogP contribution in [0.1, 0.15) is 11.1 Å². The van der Waals surface area contributed by atoms with E-state index in [0.29, 0.717) is 0 Å². The number of hydrogen-bond acceptors (Lipinski definition) is 3. The van der Waals surface area contributed by atoms with Gasteiger partial charge in [0.15, 0.2) is 0 Å². The molecule has 88 valence electrons. The maximum atomic E-state index is 5.58. The average Bonchev–Trinajstić information content (AvgIpc) is 2.30. The van der Waals surface area contributed by atoms with E-state index in [1.54, 1.807) is 7.11 Å². The van der Waals surface area contributed by atoms with E-state index in [4.69, 9.17) is 10.5 Å². The number of fused-ring (bicyclic) bond motifs is 1. The highest BCUT2D eigenvalue weighted by Crippen LogP contribution is 2.33. The van der Waals surface area contributed by atoms with Crippen LogP contribution in [0.3, 0.4) is 0 Å². The molecule has 2 rings (SSSR count). The summed E-state index contributed by atoms with van der Waals surface area (Å²) in [6.45, 7) is 3.78. The predicted molar refractivity (Wildman–Crippen MR) is 68.7 cm³/mol. The topological polar surface area (TPSA) is 38.5 Å². The second kappa shape index (κ2) is 5.17. The van der Waals surface area contributed by atoms with E-state index in [1.807, 2.05) is 6.07 Å². The molecule has 0 spiro atoms. The van der Waals surface area contributed by atoms with Crippen molar-refractivity contribution in [2.45, 2.75) is 13.0 Å². The highest BCUT2D eigenvalue weighted by Gasteiger charge is 2.19. The second-order valence-electron chi connectivity index (χ2n) is 4.03. The standard InChI is InChI=1S/C12H17BrN2O/c1-16-11-3-2-9-8-15(7-5-14)6-4-10(9)12(11)13/h2-3H,4-8,14H2,1H3. The number of methoxy groups -OCH3 is 1. The van der Waals surface area contributed by atoms with Crippen molar-refractivity contribution in [3.63, 3.8) is 0 Å². The van der Waals surface area contributed by atoms with Crippen LogP contribution >= 0.6 is 15.9 Å². The van der Waals surface area contributed by atoms with Crippen LogP contribution in [0.4, 0.5) is 0 Å². The van der Waals surface area contributed by atoms with Gasteiger partial charge >= 0.3 is 0 Å². The molecule has 16 heavy (non-hydrogen) atoms. The van der Waals surface area contributed by atoms with Gasteiger partial charge < -0.3 is 10.5 Å². The molecule has 1 heterocycles. The third-order valence-electron chi connectivity index (χ3n) is 3.04. The first kappa shape index (κ1) is 11.9. The number of nitrogens with zero attached hydrogens (tertiary/aromatic N) is 1. The fourth-order valence-corrected chi connectivity index (χ4v) is 2.93. The maximum Gasteiger partial charge on any atom is 0.133 e. The van der Waals surface area contributed by atoms with Gasteiger partial charge in [-0.3, -0.25) is 4.90 Å². The molecule has 0 aromatic heterocycles. The number of halogens is 1. The molecule has 0 saturated carbocycles. The first-order valence-electron chi connectivity index (χ1n) is 5.53. The lowest BCUT2D eigenvalue weighted by molar-refractivity contribution is 0.260. The lowest BCUT2D eigenvalue weighted by atomic mass is 9.99. The molecular weight excluding hydrogens is 268 g/mol. The van der Waals surface area contributed by atoms with Gasteiger partial charge in [-0.25, -0.2) is 0 Å². The van der Waals surface area contributed by atoms with Crippen LogP contribution in [-0.2, 0) is 13.0 Å². The Morgan fingerprint density at radius 3 is 3.00 bits per heavy atom. The number of hydrogen-bond donors (Lipinski definition) is 1. The summed E-state index contributed by atoms with van der Waals surface area (Å²) in [7, 11) is 1.70. The van der Waals surface area contributed by atoms with Crippen LogP contribution in [0.5, 0.6) is 5.75 Å². The van der Waals surface area contributed by atoms with Gasteiger partial charge in [-0.1, -0.05) is 6.07 Å². The van der Waals surface area contributed by atoms with Crippen molar-refractivity contribution in [1.82, 2.24) is 4.90 Å². The van der Waals surface area contributed by atoms with Crippen molar-refractivity contribution in [2.75, 3.05) is 26.7 Å². The lowest BCUT2D eigenvalue weighted by Crippen LogP contribution is -2.34. The molecule has 1 aliphatic heterocycles. The minimum absolute atomic E-state index is 0.729. The molecule has 0 fully saturated rings. The quantitative estimate of drug-likeness (QED) is 0.920. The summed E-state index contributed by atoms with van der Waals surface area (Å²) >= 11 is 3.62. The molecule has 3 nitrogen and oxygen atoms in total. The Morgan fingerprint density at radius 1 is 1.50 bits per heavy atom. The van der Waals surface area contributed by atoms with Gasteiger partial charge in [0.25, 0.3) is 0 Å². The van der Waals surface area contributed by atoms with E-state index >= 15 is 0 Å². The van der Waals surface area contributed by atoms with Crippen molar-refractivity contribution in [3.8, 4) is 5.75 Å². The van der Waals surface area contributed by atoms with Gasteiger partial charge in [-0.2, -0.15) is 0 Å². The van der Waals surface area contributed by atoms with Gasteiger partial charge in [0, 0.05) is 26.2 Å². The number of benzene rings is 1. The Balaban J connectivity index is 2.24. The van der Waals surface area contributed by atoms with Crippen LogP contribution < -0.4 is 10.5 Å². The zero-order valence-corrected chi connectivity index (χ0v) is 11.1. The smallest absolute Gasteiger partial charge is 0.133 e. The van der Waals surface area contributed by atoms with Gasteiger partial charge in [0.05, 0.1) is 11.6 Å². The van der Waals surface area contributed by atoms with Crippen molar-refractivity contribution < 1.29 is 4.74 Å². The summed E-state index contributed by atoms with van der Waals surface area (Å²) < 4.78 is 6.42. The molecule has 1 aromatic carbocycles. The van der Waals surface area contributed by atoms with Crippen LogP contribution in [0, 0.1) is 0 Å². The molecule has 0 bridgehead atoms. The third-order valence-corrected chi connectivity index (χ3v) is 3.91. The first-order valence-corrected chi connectivity index (χ1v) is 6.32. The summed E-state index contributed by atoms with van der Waals surface area (Å²) in [5.41, 5.74) is 8.35. The zero-order valence-electron chi connectivity index (χ0n) is 9.50. The normalized spacial score (nSPS) is 15.9. The van der Waals surface area contributed by atoms with Crippen molar-refractivity contribution in [2.24, 2.45) is 5.73 Å². The molecule has 1 aromatic rings. The van der Waals surface area contributed by atoms with Crippen LogP contribution in [0.2, 0.25) is 0 Å². The molecule has 0 aliphatic carbocycles. The molecule has 0 unspecified atom stereocenters.